The van der Waals surface area contributed by atoms with Crippen LogP contribution in [0, 0.1) is 0 Å². The Labute approximate surface area is 191 Å². The molecule has 0 atom stereocenters. The van der Waals surface area contributed by atoms with E-state index in [0.29, 0.717) is 19.4 Å². The molecule has 1 amide bonds. The van der Waals surface area contributed by atoms with Crippen molar-refractivity contribution in [1.82, 2.24) is 9.88 Å². The molecule has 0 saturated carbocycles. The number of nitrogens with zero attached hydrogens (tertiary/aromatic N) is 1. The van der Waals surface area contributed by atoms with E-state index in [-0.39, 0.29) is 5.91 Å². The zero-order valence-electron chi connectivity index (χ0n) is 17.5. The number of rotatable bonds is 8. The van der Waals surface area contributed by atoms with Gasteiger partial charge in [-0.05, 0) is 41.8 Å². The molecule has 0 aliphatic heterocycles. The number of carbonyl (C=O) groups excluding carboxylic acids is 1. The normalized spacial score (nSPS) is 10.9. The number of para-hydroxylation sites is 1. The van der Waals surface area contributed by atoms with Gasteiger partial charge in [0.1, 0.15) is 5.75 Å². The minimum atomic E-state index is 0.0296. The molecule has 1 aromatic heterocycles. The fourth-order valence-corrected chi connectivity index (χ4v) is 4.26. The Morgan fingerprint density at radius 1 is 1.00 bits per heavy atom. The Balaban J connectivity index is 1.43. The zero-order valence-corrected chi connectivity index (χ0v) is 19.1. The van der Waals surface area contributed by atoms with Gasteiger partial charge in [-0.1, -0.05) is 64.5 Å². The van der Waals surface area contributed by atoms with E-state index in [1.54, 1.807) is 7.11 Å². The van der Waals surface area contributed by atoms with E-state index >= 15 is 0 Å². The van der Waals surface area contributed by atoms with E-state index in [1.165, 1.54) is 22.0 Å². The Kier molecular flexibility index (Phi) is 6.73. The first-order chi connectivity index (χ1) is 15.1. The van der Waals surface area contributed by atoms with Crippen LogP contribution < -0.4 is 10.1 Å². The van der Waals surface area contributed by atoms with Crippen LogP contribution in [0.3, 0.4) is 0 Å². The van der Waals surface area contributed by atoms with Gasteiger partial charge in [-0.2, -0.15) is 0 Å². The third-order valence-corrected chi connectivity index (χ3v) is 5.90. The predicted octanol–water partition coefficient (Wildman–Crippen LogP) is 5.71. The molecule has 31 heavy (non-hydrogen) atoms. The van der Waals surface area contributed by atoms with Crippen LogP contribution in [0.5, 0.6) is 5.75 Å². The molecular formula is C26H25BrN2O2. The maximum Gasteiger partial charge on any atom is 0.220 e. The first-order valence-corrected chi connectivity index (χ1v) is 11.1. The van der Waals surface area contributed by atoms with Crippen LogP contribution in [-0.2, 0) is 24.3 Å². The van der Waals surface area contributed by atoms with Crippen LogP contribution >= 0.6 is 15.9 Å². The molecule has 1 heterocycles. The maximum atomic E-state index is 12.5. The summed E-state index contributed by atoms with van der Waals surface area (Å²) in [7, 11) is 1.64. The summed E-state index contributed by atoms with van der Waals surface area (Å²) in [6.45, 7) is 1.26. The Bertz CT molecular complexity index is 1180. The number of aryl methyl sites for hydroxylation is 1. The molecule has 4 nitrogen and oxygen atoms in total. The van der Waals surface area contributed by atoms with E-state index < -0.39 is 0 Å². The van der Waals surface area contributed by atoms with Crippen molar-refractivity contribution in [2.24, 2.45) is 0 Å². The van der Waals surface area contributed by atoms with E-state index in [2.05, 4.69) is 80.5 Å². The van der Waals surface area contributed by atoms with Crippen molar-refractivity contribution < 1.29 is 9.53 Å². The van der Waals surface area contributed by atoms with Crippen molar-refractivity contribution in [3.05, 3.63) is 100 Å². The Morgan fingerprint density at radius 2 is 1.77 bits per heavy atom. The van der Waals surface area contributed by atoms with Crippen molar-refractivity contribution >= 4 is 32.7 Å². The smallest absolute Gasteiger partial charge is 0.220 e. The molecule has 0 bridgehead atoms. The van der Waals surface area contributed by atoms with Gasteiger partial charge in [-0.15, -0.1) is 0 Å². The number of methoxy groups -OCH3 is 1. The number of nitrogens with one attached hydrogen (secondary N) is 1. The highest BCUT2D eigenvalue weighted by Crippen LogP contribution is 2.24. The topological polar surface area (TPSA) is 43.3 Å². The summed E-state index contributed by atoms with van der Waals surface area (Å²) in [5, 5.41) is 4.23. The lowest BCUT2D eigenvalue weighted by atomic mass is 10.1. The second-order valence-corrected chi connectivity index (χ2v) is 8.43. The molecule has 158 valence electrons. The zero-order chi connectivity index (χ0) is 21.6. The highest BCUT2D eigenvalue weighted by atomic mass is 79.9. The molecule has 0 saturated heterocycles. The molecule has 0 radical (unpaired) electrons. The van der Waals surface area contributed by atoms with Gasteiger partial charge in [0.2, 0.25) is 5.91 Å². The van der Waals surface area contributed by atoms with Gasteiger partial charge in [0.15, 0.2) is 0 Å². The van der Waals surface area contributed by atoms with Gasteiger partial charge in [0.05, 0.1) is 7.11 Å². The van der Waals surface area contributed by atoms with Crippen LogP contribution in [0.25, 0.3) is 10.9 Å². The van der Waals surface area contributed by atoms with Crippen LogP contribution in [0.2, 0.25) is 0 Å². The van der Waals surface area contributed by atoms with Gasteiger partial charge in [-0.25, -0.2) is 0 Å². The number of amides is 1. The molecule has 5 heteroatoms. The maximum absolute atomic E-state index is 12.5. The molecule has 1 N–H and O–H groups in total. The van der Waals surface area contributed by atoms with Gasteiger partial charge < -0.3 is 14.6 Å². The number of benzene rings is 3. The molecule has 0 fully saturated rings. The lowest BCUT2D eigenvalue weighted by Gasteiger charge is -2.10. The van der Waals surface area contributed by atoms with Crippen molar-refractivity contribution in [3.63, 3.8) is 0 Å². The SMILES string of the molecule is COc1ccc(Br)cc1CNC(=O)CCc1cn(Cc2ccccc2)c2ccccc12. The van der Waals surface area contributed by atoms with Crippen molar-refractivity contribution in [1.29, 1.82) is 0 Å². The van der Waals surface area contributed by atoms with Gasteiger partial charge in [0.25, 0.3) is 0 Å². The Hall–Kier alpha value is -3.05. The lowest BCUT2D eigenvalue weighted by molar-refractivity contribution is -0.121. The Morgan fingerprint density at radius 3 is 2.58 bits per heavy atom. The van der Waals surface area contributed by atoms with Gasteiger partial charge in [0, 0.05) is 46.6 Å². The highest BCUT2D eigenvalue weighted by Gasteiger charge is 2.11. The van der Waals surface area contributed by atoms with Crippen LogP contribution in [0.1, 0.15) is 23.1 Å². The summed E-state index contributed by atoms with van der Waals surface area (Å²) < 4.78 is 8.62. The van der Waals surface area contributed by atoms with E-state index in [4.69, 9.17) is 4.74 Å². The van der Waals surface area contributed by atoms with E-state index in [9.17, 15) is 4.79 Å². The number of halogens is 1. The molecule has 0 unspecified atom stereocenters. The second kappa shape index (κ2) is 9.84. The van der Waals surface area contributed by atoms with Crippen molar-refractivity contribution in [2.75, 3.05) is 7.11 Å². The first-order valence-electron chi connectivity index (χ1n) is 10.3. The fraction of sp³-hybridized carbons (Fsp3) is 0.192. The molecule has 0 spiro atoms. The minimum absolute atomic E-state index is 0.0296. The number of ether oxygens (including phenoxy) is 1. The summed E-state index contributed by atoms with van der Waals surface area (Å²) in [5.74, 6) is 0.800. The number of hydrogen-bond acceptors (Lipinski definition) is 2. The summed E-state index contributed by atoms with van der Waals surface area (Å²) in [6, 6.07) is 24.6. The standard InChI is InChI=1S/C26H25BrN2O2/c1-31-25-13-12-22(27)15-21(25)16-28-26(30)14-11-20-18-29(17-19-7-3-2-4-8-19)24-10-6-5-9-23(20)24/h2-10,12-13,15,18H,11,14,16-17H2,1H3,(H,28,30). The van der Waals surface area contributed by atoms with Crippen molar-refractivity contribution in [3.8, 4) is 5.75 Å². The molecule has 0 aliphatic rings. The fourth-order valence-electron chi connectivity index (χ4n) is 3.85. The highest BCUT2D eigenvalue weighted by molar-refractivity contribution is 9.10. The molecule has 3 aromatic carbocycles. The summed E-state index contributed by atoms with van der Waals surface area (Å²) in [5.41, 5.74) is 4.60. The van der Waals surface area contributed by atoms with Crippen LogP contribution in [-0.4, -0.2) is 17.6 Å². The molecule has 0 aliphatic carbocycles. The number of aromatic nitrogens is 1. The summed E-state index contributed by atoms with van der Waals surface area (Å²) >= 11 is 3.47. The minimum Gasteiger partial charge on any atom is -0.496 e. The average molecular weight is 477 g/mol. The summed E-state index contributed by atoms with van der Waals surface area (Å²) in [4.78, 5) is 12.5. The number of hydrogen-bond donors (Lipinski definition) is 1. The lowest BCUT2D eigenvalue weighted by Crippen LogP contribution is -2.23. The molecule has 4 aromatic rings. The van der Waals surface area contributed by atoms with E-state index in [0.717, 1.165) is 22.3 Å². The summed E-state index contributed by atoms with van der Waals surface area (Å²) in [6.07, 6.45) is 3.32. The van der Waals surface area contributed by atoms with Gasteiger partial charge >= 0.3 is 0 Å². The largest absolute Gasteiger partial charge is 0.496 e. The number of fused-ring (bicyclic) bond motifs is 1. The predicted molar refractivity (Wildman–Crippen MR) is 128 cm³/mol. The van der Waals surface area contributed by atoms with Crippen LogP contribution in [0.4, 0.5) is 0 Å². The second-order valence-electron chi connectivity index (χ2n) is 7.52. The number of carbonyl (C=O) groups is 1. The monoisotopic (exact) mass is 476 g/mol. The average Bonchev–Trinajstić information content (AvgIpc) is 3.14. The van der Waals surface area contributed by atoms with Gasteiger partial charge in [-0.3, -0.25) is 4.79 Å². The van der Waals surface area contributed by atoms with Crippen molar-refractivity contribution in [2.45, 2.75) is 25.9 Å². The first kappa shape index (κ1) is 21.2. The third-order valence-electron chi connectivity index (χ3n) is 5.41. The molecule has 4 rings (SSSR count). The quantitative estimate of drug-likeness (QED) is 0.353. The third kappa shape index (κ3) is 5.17. The van der Waals surface area contributed by atoms with Crippen LogP contribution in [0.15, 0.2) is 83.5 Å². The molecular weight excluding hydrogens is 452 g/mol. The van der Waals surface area contributed by atoms with E-state index in [1.807, 2.05) is 24.3 Å².